The van der Waals surface area contributed by atoms with Gasteiger partial charge in [0.05, 0.1) is 11.1 Å². The summed E-state index contributed by atoms with van der Waals surface area (Å²) in [4.78, 5) is 21.8. The van der Waals surface area contributed by atoms with Gasteiger partial charge in [0.1, 0.15) is 0 Å². The van der Waals surface area contributed by atoms with E-state index in [9.17, 15) is 9.59 Å². The third-order valence-corrected chi connectivity index (χ3v) is 2.65. The molecule has 100 valence electrons. The molecule has 1 heterocycles. The van der Waals surface area contributed by atoms with Crippen molar-refractivity contribution in [3.05, 3.63) is 40.3 Å². The first-order valence-electron chi connectivity index (χ1n) is 5.82. The summed E-state index contributed by atoms with van der Waals surface area (Å²) in [5, 5.41) is 21.6. The van der Waals surface area contributed by atoms with Gasteiger partial charge in [0.2, 0.25) is 0 Å². The summed E-state index contributed by atoms with van der Waals surface area (Å²) < 4.78 is 0. The molecule has 0 saturated heterocycles. The fourth-order valence-corrected chi connectivity index (χ4v) is 1.77. The van der Waals surface area contributed by atoms with Gasteiger partial charge in [-0.2, -0.15) is 5.10 Å². The summed E-state index contributed by atoms with van der Waals surface area (Å²) in [5.41, 5.74) is 0.511. The highest BCUT2D eigenvalue weighted by atomic mass is 16.4. The van der Waals surface area contributed by atoms with Gasteiger partial charge < -0.3 is 15.7 Å². The Kier molecular flexibility index (Phi) is 4.09. The van der Waals surface area contributed by atoms with Crippen molar-refractivity contribution in [2.45, 2.75) is 6.54 Å². The Hall–Kier alpha value is -2.41. The molecule has 0 aliphatic carbocycles. The molecular weight excluding hydrogens is 248 g/mol. The van der Waals surface area contributed by atoms with Crippen LogP contribution in [0.2, 0.25) is 0 Å². The zero-order valence-corrected chi connectivity index (χ0v) is 10.1. The van der Waals surface area contributed by atoms with Crippen LogP contribution in [0.3, 0.4) is 0 Å². The predicted molar refractivity (Wildman–Crippen MR) is 70.1 cm³/mol. The average Bonchev–Trinajstić information content (AvgIpc) is 2.41. The van der Waals surface area contributed by atoms with E-state index in [0.717, 1.165) is 11.1 Å². The van der Waals surface area contributed by atoms with Gasteiger partial charge in [0.25, 0.3) is 5.56 Å². The molecule has 0 aliphatic heterocycles. The standard InChI is InChI=1S/C12H14N4O3/c17-11-9-4-2-1-3-8(9)10(15-16-11)7-13-5-6-14-12(18)19/h1-4,13-14H,5-7H2,(H,16,17)(H,18,19). The average molecular weight is 262 g/mol. The van der Waals surface area contributed by atoms with Gasteiger partial charge in [-0.1, -0.05) is 18.2 Å². The molecule has 1 amide bonds. The number of carbonyl (C=O) groups is 1. The fraction of sp³-hybridized carbons (Fsp3) is 0.250. The number of nitrogens with one attached hydrogen (secondary N) is 3. The molecule has 19 heavy (non-hydrogen) atoms. The SMILES string of the molecule is O=C(O)NCCNCc1n[nH]c(=O)c2ccccc12. The van der Waals surface area contributed by atoms with Crippen LogP contribution in [0.4, 0.5) is 4.79 Å². The molecule has 2 aromatic rings. The van der Waals surface area contributed by atoms with Gasteiger partial charge in [-0.05, 0) is 6.07 Å². The van der Waals surface area contributed by atoms with E-state index in [4.69, 9.17) is 5.11 Å². The number of aromatic amines is 1. The number of aromatic nitrogens is 2. The fourth-order valence-electron chi connectivity index (χ4n) is 1.77. The topological polar surface area (TPSA) is 107 Å². The van der Waals surface area contributed by atoms with Crippen molar-refractivity contribution >= 4 is 16.9 Å². The van der Waals surface area contributed by atoms with Gasteiger partial charge in [-0.25, -0.2) is 9.89 Å². The minimum absolute atomic E-state index is 0.216. The van der Waals surface area contributed by atoms with Crippen LogP contribution in [0.5, 0.6) is 0 Å². The highest BCUT2D eigenvalue weighted by molar-refractivity contribution is 5.83. The van der Waals surface area contributed by atoms with Crippen LogP contribution < -0.4 is 16.2 Å². The quantitative estimate of drug-likeness (QED) is 0.579. The number of hydrogen-bond donors (Lipinski definition) is 4. The van der Waals surface area contributed by atoms with Crippen LogP contribution in [0.15, 0.2) is 29.1 Å². The van der Waals surface area contributed by atoms with E-state index >= 15 is 0 Å². The van der Waals surface area contributed by atoms with Crippen LogP contribution in [-0.2, 0) is 6.54 Å². The van der Waals surface area contributed by atoms with Crippen LogP contribution in [0.25, 0.3) is 10.8 Å². The molecule has 0 atom stereocenters. The molecule has 0 bridgehead atoms. The lowest BCUT2D eigenvalue weighted by molar-refractivity contribution is 0.194. The largest absolute Gasteiger partial charge is 0.465 e. The minimum Gasteiger partial charge on any atom is -0.465 e. The van der Waals surface area contributed by atoms with Crippen molar-refractivity contribution in [2.75, 3.05) is 13.1 Å². The lowest BCUT2D eigenvalue weighted by Crippen LogP contribution is -2.30. The third-order valence-electron chi connectivity index (χ3n) is 2.65. The van der Waals surface area contributed by atoms with E-state index in [1.165, 1.54) is 0 Å². The lowest BCUT2D eigenvalue weighted by Gasteiger charge is -2.06. The number of amides is 1. The molecule has 7 nitrogen and oxygen atoms in total. The van der Waals surface area contributed by atoms with Crippen LogP contribution in [0, 0.1) is 0 Å². The van der Waals surface area contributed by atoms with Gasteiger partial charge in [0, 0.05) is 25.0 Å². The molecule has 0 aliphatic rings. The van der Waals surface area contributed by atoms with Crippen molar-refractivity contribution in [1.82, 2.24) is 20.8 Å². The molecule has 2 rings (SSSR count). The van der Waals surface area contributed by atoms with Crippen molar-refractivity contribution in [1.29, 1.82) is 0 Å². The normalized spacial score (nSPS) is 10.5. The van der Waals surface area contributed by atoms with E-state index < -0.39 is 6.09 Å². The van der Waals surface area contributed by atoms with Gasteiger partial charge >= 0.3 is 6.09 Å². The highest BCUT2D eigenvalue weighted by Crippen LogP contribution is 2.11. The summed E-state index contributed by atoms with van der Waals surface area (Å²) >= 11 is 0. The van der Waals surface area contributed by atoms with Crippen LogP contribution in [0.1, 0.15) is 5.69 Å². The molecule has 0 radical (unpaired) electrons. The zero-order valence-electron chi connectivity index (χ0n) is 10.1. The second kappa shape index (κ2) is 5.96. The summed E-state index contributed by atoms with van der Waals surface area (Å²) in [6.07, 6.45) is -1.05. The first kappa shape index (κ1) is 13.0. The molecule has 4 N–H and O–H groups in total. The molecule has 1 aromatic carbocycles. The number of carboxylic acid groups (broad SMARTS) is 1. The highest BCUT2D eigenvalue weighted by Gasteiger charge is 2.05. The maximum absolute atomic E-state index is 11.6. The first-order chi connectivity index (χ1) is 9.18. The molecule has 0 saturated carbocycles. The Balaban J connectivity index is 2.03. The predicted octanol–water partition coefficient (Wildman–Crippen LogP) is 0.280. The summed E-state index contributed by atoms with van der Waals surface area (Å²) in [6.45, 7) is 1.26. The summed E-state index contributed by atoms with van der Waals surface area (Å²) in [5.74, 6) is 0. The second-order valence-corrected chi connectivity index (χ2v) is 3.95. The van der Waals surface area contributed by atoms with Crippen LogP contribution in [-0.4, -0.2) is 34.5 Å². The number of nitrogens with zero attached hydrogens (tertiary/aromatic N) is 1. The molecule has 7 heteroatoms. The van der Waals surface area contributed by atoms with E-state index in [0.29, 0.717) is 25.0 Å². The Morgan fingerprint density at radius 2 is 2.00 bits per heavy atom. The summed E-state index contributed by atoms with van der Waals surface area (Å²) in [6, 6.07) is 7.22. The maximum atomic E-state index is 11.6. The number of fused-ring (bicyclic) bond motifs is 1. The molecular formula is C12H14N4O3. The molecule has 0 fully saturated rings. The Morgan fingerprint density at radius 3 is 2.74 bits per heavy atom. The molecule has 0 unspecified atom stereocenters. The summed E-state index contributed by atoms with van der Waals surface area (Å²) in [7, 11) is 0. The second-order valence-electron chi connectivity index (χ2n) is 3.95. The Labute approximate surface area is 108 Å². The zero-order chi connectivity index (χ0) is 13.7. The number of benzene rings is 1. The Morgan fingerprint density at radius 1 is 1.26 bits per heavy atom. The van der Waals surface area contributed by atoms with Crippen molar-refractivity contribution < 1.29 is 9.90 Å². The van der Waals surface area contributed by atoms with Gasteiger partial charge in [0.15, 0.2) is 0 Å². The number of rotatable bonds is 5. The van der Waals surface area contributed by atoms with Gasteiger partial charge in [-0.15, -0.1) is 0 Å². The first-order valence-corrected chi connectivity index (χ1v) is 5.82. The van der Waals surface area contributed by atoms with Crippen molar-refractivity contribution in [2.24, 2.45) is 0 Å². The lowest BCUT2D eigenvalue weighted by atomic mass is 10.1. The minimum atomic E-state index is -1.05. The van der Waals surface area contributed by atoms with E-state index in [-0.39, 0.29) is 5.56 Å². The molecule has 1 aromatic heterocycles. The van der Waals surface area contributed by atoms with Crippen molar-refractivity contribution in [3.63, 3.8) is 0 Å². The number of H-pyrrole nitrogens is 1. The third kappa shape index (κ3) is 3.29. The van der Waals surface area contributed by atoms with Crippen LogP contribution >= 0.6 is 0 Å². The van der Waals surface area contributed by atoms with Crippen molar-refractivity contribution in [3.8, 4) is 0 Å². The smallest absolute Gasteiger partial charge is 0.404 e. The van der Waals surface area contributed by atoms with E-state index in [2.05, 4.69) is 20.8 Å². The van der Waals surface area contributed by atoms with E-state index in [1.807, 2.05) is 12.1 Å². The van der Waals surface area contributed by atoms with E-state index in [1.54, 1.807) is 12.1 Å². The maximum Gasteiger partial charge on any atom is 0.404 e. The van der Waals surface area contributed by atoms with Gasteiger partial charge in [-0.3, -0.25) is 4.79 Å². The monoisotopic (exact) mass is 262 g/mol. The number of hydrogen-bond acceptors (Lipinski definition) is 4. The molecule has 0 spiro atoms. The Bertz CT molecular complexity index is 638.